The number of fused-ring (bicyclic) bond motifs is 1. The third kappa shape index (κ3) is 5.20. The van der Waals surface area contributed by atoms with Crippen LogP contribution >= 0.6 is 11.8 Å². The van der Waals surface area contributed by atoms with Crippen molar-refractivity contribution in [3.05, 3.63) is 64.2 Å². The summed E-state index contributed by atoms with van der Waals surface area (Å²) in [6.45, 7) is -0.727. The topological polar surface area (TPSA) is 145 Å². The standard InChI is InChI=1S/C19H15N3O7S/c23-16(21-18(25)11-4-3-5-12(8-11)22(27)28)10-29-17(24)9-15-19(26)20-13-6-1-2-7-14(13)30-15/h1-8,15H,9-10H2,(H,20,26)(H,21,23,25). The lowest BCUT2D eigenvalue weighted by Gasteiger charge is -2.23. The molecule has 0 fully saturated rings. The average Bonchev–Trinajstić information content (AvgIpc) is 2.73. The molecule has 0 aromatic heterocycles. The van der Waals surface area contributed by atoms with Gasteiger partial charge in [-0.15, -0.1) is 11.8 Å². The van der Waals surface area contributed by atoms with E-state index in [1.54, 1.807) is 18.2 Å². The number of carbonyl (C=O) groups excluding carboxylic acids is 4. The molecular formula is C19H15N3O7S. The third-order valence-electron chi connectivity index (χ3n) is 4.00. The van der Waals surface area contributed by atoms with E-state index in [9.17, 15) is 29.3 Å². The van der Waals surface area contributed by atoms with Crippen LogP contribution in [0.15, 0.2) is 53.4 Å². The lowest BCUT2D eigenvalue weighted by Crippen LogP contribution is -2.35. The Bertz CT molecular complexity index is 1040. The molecule has 2 aromatic carbocycles. The van der Waals surface area contributed by atoms with Crippen molar-refractivity contribution in [1.82, 2.24) is 5.32 Å². The molecule has 10 nitrogen and oxygen atoms in total. The first-order chi connectivity index (χ1) is 14.3. The average molecular weight is 429 g/mol. The number of nitro groups is 1. The van der Waals surface area contributed by atoms with Crippen LogP contribution in [0.3, 0.4) is 0 Å². The summed E-state index contributed by atoms with van der Waals surface area (Å²) in [5.74, 6) is -2.88. The number of rotatable bonds is 6. The molecule has 0 bridgehead atoms. The molecule has 2 N–H and O–H groups in total. The lowest BCUT2D eigenvalue weighted by molar-refractivity contribution is -0.384. The number of para-hydroxylation sites is 1. The van der Waals surface area contributed by atoms with Crippen LogP contribution in [0, 0.1) is 10.1 Å². The zero-order valence-corrected chi connectivity index (χ0v) is 16.1. The van der Waals surface area contributed by atoms with Gasteiger partial charge in [0.1, 0.15) is 0 Å². The number of non-ortho nitro benzene ring substituents is 1. The maximum Gasteiger partial charge on any atom is 0.307 e. The Morgan fingerprint density at radius 1 is 1.17 bits per heavy atom. The summed E-state index contributed by atoms with van der Waals surface area (Å²) in [5, 5.41) is 14.7. The predicted molar refractivity (Wildman–Crippen MR) is 106 cm³/mol. The molecule has 1 atom stereocenters. The highest BCUT2D eigenvalue weighted by atomic mass is 32.2. The van der Waals surface area contributed by atoms with Crippen LogP contribution in [-0.4, -0.2) is 40.5 Å². The molecule has 11 heteroatoms. The number of hydrogen-bond acceptors (Lipinski definition) is 8. The van der Waals surface area contributed by atoms with Crippen molar-refractivity contribution in [3.63, 3.8) is 0 Å². The van der Waals surface area contributed by atoms with E-state index in [-0.39, 0.29) is 23.6 Å². The van der Waals surface area contributed by atoms with Crippen LogP contribution < -0.4 is 10.6 Å². The van der Waals surface area contributed by atoms with Gasteiger partial charge in [-0.2, -0.15) is 0 Å². The molecule has 2 aromatic rings. The first kappa shape index (κ1) is 21.0. The molecule has 1 unspecified atom stereocenters. The molecule has 0 radical (unpaired) electrons. The Labute approximate surface area is 174 Å². The Morgan fingerprint density at radius 3 is 2.70 bits per heavy atom. The van der Waals surface area contributed by atoms with Gasteiger partial charge in [0, 0.05) is 22.6 Å². The summed E-state index contributed by atoms with van der Waals surface area (Å²) in [6, 6.07) is 12.0. The molecule has 1 aliphatic rings. The summed E-state index contributed by atoms with van der Waals surface area (Å²) < 4.78 is 4.84. The van der Waals surface area contributed by atoms with E-state index >= 15 is 0 Å². The zero-order valence-electron chi connectivity index (χ0n) is 15.3. The summed E-state index contributed by atoms with van der Waals surface area (Å²) in [7, 11) is 0. The molecule has 0 saturated heterocycles. The van der Waals surface area contributed by atoms with Crippen LogP contribution in [0.5, 0.6) is 0 Å². The van der Waals surface area contributed by atoms with Gasteiger partial charge in [0.2, 0.25) is 5.91 Å². The van der Waals surface area contributed by atoms with Gasteiger partial charge in [-0.25, -0.2) is 0 Å². The molecule has 3 rings (SSSR count). The normalized spacial score (nSPS) is 14.8. The van der Waals surface area contributed by atoms with Gasteiger partial charge in [-0.1, -0.05) is 18.2 Å². The molecule has 0 aliphatic carbocycles. The molecular weight excluding hydrogens is 414 g/mol. The van der Waals surface area contributed by atoms with E-state index in [0.717, 1.165) is 11.0 Å². The van der Waals surface area contributed by atoms with E-state index in [2.05, 4.69) is 5.32 Å². The molecule has 0 saturated carbocycles. The Hall–Kier alpha value is -3.73. The second-order valence-corrected chi connectivity index (χ2v) is 7.39. The molecule has 30 heavy (non-hydrogen) atoms. The smallest absolute Gasteiger partial charge is 0.307 e. The van der Waals surface area contributed by atoms with Gasteiger partial charge in [0.15, 0.2) is 6.61 Å². The van der Waals surface area contributed by atoms with Crippen LogP contribution in [-0.2, 0) is 19.1 Å². The molecule has 0 spiro atoms. The number of benzene rings is 2. The largest absolute Gasteiger partial charge is 0.456 e. The number of thioether (sulfide) groups is 1. The highest BCUT2D eigenvalue weighted by molar-refractivity contribution is 8.01. The fourth-order valence-electron chi connectivity index (χ4n) is 2.58. The molecule has 3 amide bonds. The molecule has 154 valence electrons. The second kappa shape index (κ2) is 9.18. The minimum absolute atomic E-state index is 0.0854. The van der Waals surface area contributed by atoms with Gasteiger partial charge in [0.05, 0.1) is 22.3 Å². The molecule has 1 heterocycles. The maximum atomic E-state index is 12.1. The first-order valence-corrected chi connectivity index (χ1v) is 9.52. The number of anilines is 1. The highest BCUT2D eigenvalue weighted by Gasteiger charge is 2.29. The molecule has 1 aliphatic heterocycles. The number of nitro benzene ring substituents is 1. The van der Waals surface area contributed by atoms with Gasteiger partial charge in [-0.05, 0) is 18.2 Å². The lowest BCUT2D eigenvalue weighted by atomic mass is 10.2. The van der Waals surface area contributed by atoms with Crippen molar-refractivity contribution in [2.45, 2.75) is 16.6 Å². The van der Waals surface area contributed by atoms with Crippen molar-refractivity contribution in [2.24, 2.45) is 0 Å². The number of ether oxygens (including phenoxy) is 1. The van der Waals surface area contributed by atoms with E-state index in [1.165, 1.54) is 30.0 Å². The summed E-state index contributed by atoms with van der Waals surface area (Å²) in [6.07, 6.45) is -0.253. The Balaban J connectivity index is 1.48. The summed E-state index contributed by atoms with van der Waals surface area (Å²) in [4.78, 5) is 58.8. The van der Waals surface area contributed by atoms with Crippen molar-refractivity contribution in [2.75, 3.05) is 11.9 Å². The number of nitrogens with one attached hydrogen (secondary N) is 2. The van der Waals surface area contributed by atoms with Crippen LogP contribution in [0.4, 0.5) is 11.4 Å². The SMILES string of the molecule is O=C(COC(=O)CC1Sc2ccccc2NC1=O)NC(=O)c1cccc([N+](=O)[O-])c1. The van der Waals surface area contributed by atoms with Crippen molar-refractivity contribution < 1.29 is 28.8 Å². The highest BCUT2D eigenvalue weighted by Crippen LogP contribution is 2.36. The van der Waals surface area contributed by atoms with Crippen LogP contribution in [0.1, 0.15) is 16.8 Å². The van der Waals surface area contributed by atoms with Gasteiger partial charge < -0.3 is 10.1 Å². The van der Waals surface area contributed by atoms with E-state index in [1.807, 2.05) is 11.4 Å². The first-order valence-electron chi connectivity index (χ1n) is 8.64. The minimum atomic E-state index is -0.897. The second-order valence-electron chi connectivity index (χ2n) is 6.14. The number of hydrogen-bond donors (Lipinski definition) is 2. The van der Waals surface area contributed by atoms with Crippen LogP contribution in [0.25, 0.3) is 0 Å². The quantitative estimate of drug-likeness (QED) is 0.402. The van der Waals surface area contributed by atoms with Crippen LogP contribution in [0.2, 0.25) is 0 Å². The van der Waals surface area contributed by atoms with Crippen molar-refractivity contribution in [1.29, 1.82) is 0 Å². The predicted octanol–water partition coefficient (Wildman–Crippen LogP) is 1.90. The summed E-state index contributed by atoms with van der Waals surface area (Å²) in [5.41, 5.74) is 0.278. The monoisotopic (exact) mass is 429 g/mol. The number of esters is 1. The van der Waals surface area contributed by atoms with E-state index < -0.39 is 34.6 Å². The number of nitrogens with zero attached hydrogens (tertiary/aromatic N) is 1. The van der Waals surface area contributed by atoms with Gasteiger partial charge in [0.25, 0.3) is 17.5 Å². The van der Waals surface area contributed by atoms with Crippen molar-refractivity contribution in [3.8, 4) is 0 Å². The Kier molecular flexibility index (Phi) is 6.42. The summed E-state index contributed by atoms with van der Waals surface area (Å²) >= 11 is 1.22. The fourth-order valence-corrected chi connectivity index (χ4v) is 3.67. The van der Waals surface area contributed by atoms with Gasteiger partial charge in [-0.3, -0.25) is 34.6 Å². The maximum absolute atomic E-state index is 12.1. The number of imide groups is 1. The zero-order chi connectivity index (χ0) is 21.7. The van der Waals surface area contributed by atoms with E-state index in [0.29, 0.717) is 5.69 Å². The number of carbonyl (C=O) groups is 4. The van der Waals surface area contributed by atoms with Crippen molar-refractivity contribution >= 4 is 46.8 Å². The Morgan fingerprint density at radius 2 is 1.93 bits per heavy atom. The number of amides is 3. The third-order valence-corrected chi connectivity index (χ3v) is 5.27. The fraction of sp³-hybridized carbons (Fsp3) is 0.158. The minimum Gasteiger partial charge on any atom is -0.456 e. The van der Waals surface area contributed by atoms with E-state index in [4.69, 9.17) is 4.74 Å². The van der Waals surface area contributed by atoms with Gasteiger partial charge >= 0.3 is 5.97 Å².